The zero-order valence-corrected chi connectivity index (χ0v) is 10.1. The van der Waals surface area contributed by atoms with Crippen LogP contribution in [-0.2, 0) is 0 Å². The lowest BCUT2D eigenvalue weighted by atomic mass is 9.82. The molecule has 0 aromatic heterocycles. The maximum Gasteiger partial charge on any atom is 0.0328 e. The van der Waals surface area contributed by atoms with Crippen LogP contribution in [0.2, 0.25) is 0 Å². The van der Waals surface area contributed by atoms with Crippen molar-refractivity contribution in [2.75, 3.05) is 0 Å². The van der Waals surface area contributed by atoms with Gasteiger partial charge in [0.1, 0.15) is 0 Å². The van der Waals surface area contributed by atoms with E-state index in [0.29, 0.717) is 21.5 Å². The largest absolute Gasteiger partial charge is 0.0984 e. The summed E-state index contributed by atoms with van der Waals surface area (Å²) in [7, 11) is 0. The van der Waals surface area contributed by atoms with Gasteiger partial charge >= 0.3 is 0 Å². The van der Waals surface area contributed by atoms with Gasteiger partial charge in [0.25, 0.3) is 0 Å². The molecule has 4 atom stereocenters. The van der Waals surface area contributed by atoms with Crippen molar-refractivity contribution in [3.63, 3.8) is 0 Å². The zero-order valence-electron chi connectivity index (χ0n) is 6.89. The molecule has 2 heteroatoms. The highest BCUT2D eigenvalue weighted by Gasteiger charge is 2.29. The van der Waals surface area contributed by atoms with E-state index in [1.165, 1.54) is 25.7 Å². The van der Waals surface area contributed by atoms with Crippen LogP contribution in [0.5, 0.6) is 0 Å². The molecule has 0 spiro atoms. The van der Waals surface area contributed by atoms with Gasteiger partial charge in [0.15, 0.2) is 0 Å². The third-order valence-electron chi connectivity index (χ3n) is 2.83. The van der Waals surface area contributed by atoms with Crippen molar-refractivity contribution < 1.29 is 0 Å². The van der Waals surface area contributed by atoms with Crippen LogP contribution < -0.4 is 0 Å². The minimum absolute atomic E-state index is 0.644. The Labute approximate surface area is 90.7 Å². The smallest absolute Gasteiger partial charge is 0.0328 e. The standard InChI is InChI=1S/C10H12Br2/c11-9-5-3-7(9)1-2-8-4-6-10(8)12/h7-10H,3-6H2. The summed E-state index contributed by atoms with van der Waals surface area (Å²) in [5.74, 6) is 8.04. The Kier molecular flexibility index (Phi) is 2.82. The monoisotopic (exact) mass is 290 g/mol. The Hall–Kier alpha value is 0.520. The predicted molar refractivity (Wildman–Crippen MR) is 58.7 cm³/mol. The Morgan fingerprint density at radius 2 is 1.17 bits per heavy atom. The van der Waals surface area contributed by atoms with Crippen LogP contribution >= 0.6 is 31.9 Å². The first kappa shape index (κ1) is 9.09. The highest BCUT2D eigenvalue weighted by atomic mass is 79.9. The van der Waals surface area contributed by atoms with Crippen molar-refractivity contribution in [1.82, 2.24) is 0 Å². The maximum atomic E-state index is 3.62. The minimum Gasteiger partial charge on any atom is -0.0984 e. The van der Waals surface area contributed by atoms with Gasteiger partial charge < -0.3 is 0 Å². The molecule has 0 amide bonds. The van der Waals surface area contributed by atoms with E-state index >= 15 is 0 Å². The highest BCUT2D eigenvalue weighted by Crippen LogP contribution is 2.35. The minimum atomic E-state index is 0.644. The van der Waals surface area contributed by atoms with Crippen LogP contribution in [0.3, 0.4) is 0 Å². The van der Waals surface area contributed by atoms with Gasteiger partial charge in [0.2, 0.25) is 0 Å². The van der Waals surface area contributed by atoms with E-state index in [1.807, 2.05) is 0 Å². The average Bonchev–Trinajstić information content (AvgIpc) is 2.06. The van der Waals surface area contributed by atoms with E-state index in [-0.39, 0.29) is 0 Å². The first-order valence-electron chi connectivity index (χ1n) is 4.56. The van der Waals surface area contributed by atoms with Gasteiger partial charge in [0.05, 0.1) is 0 Å². The van der Waals surface area contributed by atoms with Crippen molar-refractivity contribution in [2.45, 2.75) is 35.3 Å². The van der Waals surface area contributed by atoms with E-state index in [2.05, 4.69) is 43.7 Å². The summed E-state index contributed by atoms with van der Waals surface area (Å²) < 4.78 is 0. The third kappa shape index (κ3) is 1.72. The van der Waals surface area contributed by atoms with E-state index in [9.17, 15) is 0 Å². The molecule has 0 heterocycles. The maximum absolute atomic E-state index is 3.62. The number of halogens is 2. The van der Waals surface area contributed by atoms with Crippen molar-refractivity contribution in [3.8, 4) is 11.8 Å². The van der Waals surface area contributed by atoms with Crippen molar-refractivity contribution in [3.05, 3.63) is 0 Å². The van der Waals surface area contributed by atoms with Gasteiger partial charge in [-0.15, -0.1) is 0 Å². The van der Waals surface area contributed by atoms with Crippen LogP contribution in [0.25, 0.3) is 0 Å². The Morgan fingerprint density at radius 3 is 1.33 bits per heavy atom. The summed E-state index contributed by atoms with van der Waals surface area (Å²) in [4.78, 5) is 1.36. The first-order chi connectivity index (χ1) is 5.77. The van der Waals surface area contributed by atoms with Crippen molar-refractivity contribution in [1.29, 1.82) is 0 Å². The second kappa shape index (κ2) is 3.72. The summed E-state index contributed by atoms with van der Waals surface area (Å²) in [6.45, 7) is 0. The molecule has 0 aromatic carbocycles. The third-order valence-corrected chi connectivity index (χ3v) is 5.03. The molecule has 4 unspecified atom stereocenters. The summed E-state index contributed by atoms with van der Waals surface area (Å²) in [6.07, 6.45) is 5.20. The molecule has 0 aliphatic heterocycles. The van der Waals surface area contributed by atoms with Gasteiger partial charge in [-0.2, -0.15) is 0 Å². The molecule has 0 saturated heterocycles. The zero-order chi connectivity index (χ0) is 8.55. The van der Waals surface area contributed by atoms with Crippen LogP contribution in [0.1, 0.15) is 25.7 Å². The van der Waals surface area contributed by atoms with Gasteiger partial charge in [0, 0.05) is 21.5 Å². The Morgan fingerprint density at radius 1 is 0.750 bits per heavy atom. The lowest BCUT2D eigenvalue weighted by Crippen LogP contribution is -2.27. The van der Waals surface area contributed by atoms with E-state index in [1.54, 1.807) is 0 Å². The van der Waals surface area contributed by atoms with Crippen LogP contribution in [0, 0.1) is 23.7 Å². The normalized spacial score (nSPS) is 45.2. The number of hydrogen-bond acceptors (Lipinski definition) is 0. The molecule has 0 aromatic rings. The SMILES string of the molecule is BrC1CCC1C#CC1CCC1Br. The molecule has 66 valence electrons. The summed E-state index contributed by atoms with van der Waals surface area (Å²) >= 11 is 7.24. The number of rotatable bonds is 0. The Balaban J connectivity index is 1.83. The molecule has 0 bridgehead atoms. The van der Waals surface area contributed by atoms with Gasteiger partial charge in [-0.3, -0.25) is 0 Å². The van der Waals surface area contributed by atoms with Crippen LogP contribution in [0.4, 0.5) is 0 Å². The average molecular weight is 292 g/mol. The van der Waals surface area contributed by atoms with Crippen molar-refractivity contribution >= 4 is 31.9 Å². The van der Waals surface area contributed by atoms with E-state index < -0.39 is 0 Å². The fraction of sp³-hybridized carbons (Fsp3) is 0.800. The fourth-order valence-electron chi connectivity index (χ4n) is 1.46. The van der Waals surface area contributed by atoms with E-state index in [4.69, 9.17) is 0 Å². The molecular weight excluding hydrogens is 280 g/mol. The molecule has 0 radical (unpaired) electrons. The molecule has 0 nitrogen and oxygen atoms in total. The van der Waals surface area contributed by atoms with Crippen LogP contribution in [-0.4, -0.2) is 9.65 Å². The summed E-state index contributed by atoms with van der Waals surface area (Å²) in [5, 5.41) is 0. The van der Waals surface area contributed by atoms with Gasteiger partial charge in [-0.05, 0) is 25.7 Å². The summed E-state index contributed by atoms with van der Waals surface area (Å²) in [6, 6.07) is 0. The molecular formula is C10H12Br2. The molecule has 2 aliphatic rings. The molecule has 0 N–H and O–H groups in total. The molecule has 2 fully saturated rings. The van der Waals surface area contributed by atoms with E-state index in [0.717, 1.165) is 0 Å². The number of alkyl halides is 2. The quantitative estimate of drug-likeness (QED) is 0.474. The predicted octanol–water partition coefficient (Wildman–Crippen LogP) is 3.34. The molecule has 2 saturated carbocycles. The molecule has 2 aliphatic carbocycles. The fourth-order valence-corrected chi connectivity index (χ4v) is 2.78. The highest BCUT2D eigenvalue weighted by molar-refractivity contribution is 9.09. The first-order valence-corrected chi connectivity index (χ1v) is 6.39. The topological polar surface area (TPSA) is 0 Å². The summed E-state index contributed by atoms with van der Waals surface area (Å²) in [5.41, 5.74) is 0. The number of hydrogen-bond donors (Lipinski definition) is 0. The lowest BCUT2D eigenvalue weighted by Gasteiger charge is -2.30. The molecule has 12 heavy (non-hydrogen) atoms. The van der Waals surface area contributed by atoms with Gasteiger partial charge in [-0.25, -0.2) is 0 Å². The second-order valence-electron chi connectivity index (χ2n) is 3.69. The van der Waals surface area contributed by atoms with Crippen molar-refractivity contribution in [2.24, 2.45) is 11.8 Å². The Bertz CT molecular complexity index is 204. The van der Waals surface area contributed by atoms with Crippen LogP contribution in [0.15, 0.2) is 0 Å². The molecule has 2 rings (SSSR count). The lowest BCUT2D eigenvalue weighted by molar-refractivity contribution is 0.411. The second-order valence-corrected chi connectivity index (χ2v) is 6.04. The van der Waals surface area contributed by atoms with Gasteiger partial charge in [-0.1, -0.05) is 43.7 Å².